The van der Waals surface area contributed by atoms with E-state index in [9.17, 15) is 10.1 Å². The fourth-order valence-electron chi connectivity index (χ4n) is 2.92. The highest BCUT2D eigenvalue weighted by Crippen LogP contribution is 2.35. The zero-order valence-corrected chi connectivity index (χ0v) is 20.5. The van der Waals surface area contributed by atoms with Crippen LogP contribution in [0.4, 0.5) is 5.69 Å². The quantitative estimate of drug-likeness (QED) is 0.256. The maximum atomic E-state index is 12.6. The van der Waals surface area contributed by atoms with E-state index in [1.54, 1.807) is 36.4 Å². The number of nitrogens with one attached hydrogen (secondary N) is 1. The Morgan fingerprint density at radius 2 is 1.76 bits per heavy atom. The Morgan fingerprint density at radius 1 is 1.09 bits per heavy atom. The van der Waals surface area contributed by atoms with Gasteiger partial charge in [-0.25, -0.2) is 0 Å². The van der Waals surface area contributed by atoms with E-state index in [1.165, 1.54) is 6.08 Å². The molecule has 0 aliphatic carbocycles. The Labute approximate surface area is 206 Å². The number of rotatable bonds is 8. The van der Waals surface area contributed by atoms with Crippen molar-refractivity contribution in [3.05, 3.63) is 92.4 Å². The molecule has 0 unspecified atom stereocenters. The number of halogens is 2. The molecule has 5 nitrogen and oxygen atoms in total. The summed E-state index contributed by atoms with van der Waals surface area (Å²) in [6.07, 6.45) is 1.51. The van der Waals surface area contributed by atoms with Crippen molar-refractivity contribution in [2.45, 2.75) is 20.5 Å². The molecule has 168 valence electrons. The van der Waals surface area contributed by atoms with E-state index in [2.05, 4.69) is 21.2 Å². The van der Waals surface area contributed by atoms with E-state index in [1.807, 2.05) is 44.2 Å². The molecule has 0 aliphatic heterocycles. The number of nitrogens with zero attached hydrogens (tertiary/aromatic N) is 1. The summed E-state index contributed by atoms with van der Waals surface area (Å²) < 4.78 is 12.4. The van der Waals surface area contributed by atoms with Crippen molar-refractivity contribution in [2.24, 2.45) is 0 Å². The summed E-state index contributed by atoms with van der Waals surface area (Å²) >= 11 is 9.45. The van der Waals surface area contributed by atoms with Crippen LogP contribution >= 0.6 is 27.5 Å². The predicted molar refractivity (Wildman–Crippen MR) is 134 cm³/mol. The molecule has 1 N–H and O–H groups in total. The summed E-state index contributed by atoms with van der Waals surface area (Å²) in [7, 11) is 0. The number of benzene rings is 3. The molecule has 0 saturated heterocycles. The van der Waals surface area contributed by atoms with Crippen LogP contribution in [-0.2, 0) is 11.4 Å². The maximum Gasteiger partial charge on any atom is 0.266 e. The predicted octanol–water partition coefficient (Wildman–Crippen LogP) is 6.93. The Hall–Kier alpha value is -3.27. The van der Waals surface area contributed by atoms with Crippen LogP contribution in [0.1, 0.15) is 23.6 Å². The van der Waals surface area contributed by atoms with Gasteiger partial charge in [0.25, 0.3) is 5.91 Å². The third-order valence-corrected chi connectivity index (χ3v) is 5.58. The minimum atomic E-state index is -0.491. The van der Waals surface area contributed by atoms with Crippen molar-refractivity contribution in [3.63, 3.8) is 0 Å². The molecule has 3 aromatic carbocycles. The number of carbonyl (C=O) groups excluding carboxylic acids is 1. The molecule has 3 rings (SSSR count). The lowest BCUT2D eigenvalue weighted by Gasteiger charge is -2.14. The van der Waals surface area contributed by atoms with Crippen LogP contribution in [0, 0.1) is 18.3 Å². The summed E-state index contributed by atoms with van der Waals surface area (Å²) in [6.45, 7) is 4.60. The van der Waals surface area contributed by atoms with Crippen LogP contribution in [0.3, 0.4) is 0 Å². The summed E-state index contributed by atoms with van der Waals surface area (Å²) in [4.78, 5) is 12.6. The number of anilines is 1. The first-order valence-corrected chi connectivity index (χ1v) is 11.4. The number of nitriles is 1. The Morgan fingerprint density at radius 3 is 2.39 bits per heavy atom. The molecule has 0 atom stereocenters. The van der Waals surface area contributed by atoms with Crippen LogP contribution in [0.25, 0.3) is 6.08 Å². The number of hydrogen-bond acceptors (Lipinski definition) is 4. The molecule has 0 saturated carbocycles. The monoisotopic (exact) mass is 524 g/mol. The van der Waals surface area contributed by atoms with E-state index in [-0.39, 0.29) is 5.57 Å². The summed E-state index contributed by atoms with van der Waals surface area (Å²) in [5, 5.41) is 13.0. The summed E-state index contributed by atoms with van der Waals surface area (Å²) in [5.41, 5.74) is 3.24. The minimum Gasteiger partial charge on any atom is -0.490 e. The molecular weight excluding hydrogens is 504 g/mol. The average molecular weight is 526 g/mol. The molecule has 33 heavy (non-hydrogen) atoms. The number of hydrogen-bond donors (Lipinski definition) is 1. The van der Waals surface area contributed by atoms with Gasteiger partial charge >= 0.3 is 0 Å². The molecule has 0 spiro atoms. The third kappa shape index (κ3) is 6.85. The Balaban J connectivity index is 1.83. The fourth-order valence-corrected chi connectivity index (χ4v) is 3.49. The average Bonchev–Trinajstić information content (AvgIpc) is 2.80. The first kappa shape index (κ1) is 24.4. The molecule has 0 aromatic heterocycles. The van der Waals surface area contributed by atoms with E-state index in [0.717, 1.165) is 11.1 Å². The number of carbonyl (C=O) groups is 1. The highest BCUT2D eigenvalue weighted by molar-refractivity contribution is 9.10. The molecule has 0 aliphatic rings. The zero-order chi connectivity index (χ0) is 23.8. The fraction of sp³-hybridized carbons (Fsp3) is 0.154. The van der Waals surface area contributed by atoms with E-state index in [0.29, 0.717) is 45.5 Å². The van der Waals surface area contributed by atoms with Crippen molar-refractivity contribution in [1.82, 2.24) is 0 Å². The van der Waals surface area contributed by atoms with Crippen molar-refractivity contribution in [2.75, 3.05) is 11.9 Å². The van der Waals surface area contributed by atoms with E-state index < -0.39 is 5.91 Å². The molecule has 0 fully saturated rings. The van der Waals surface area contributed by atoms with Gasteiger partial charge in [-0.1, -0.05) is 57.4 Å². The van der Waals surface area contributed by atoms with Crippen LogP contribution in [-0.4, -0.2) is 12.5 Å². The van der Waals surface area contributed by atoms with Crippen molar-refractivity contribution < 1.29 is 14.3 Å². The van der Waals surface area contributed by atoms with Gasteiger partial charge in [0, 0.05) is 15.2 Å². The van der Waals surface area contributed by atoms with Gasteiger partial charge in [0.05, 0.1) is 6.61 Å². The SMILES string of the molecule is CCOc1cc(/C=C(\C#N)C(=O)Nc2ccc(C)cc2)c(Br)cc1OCc1ccc(Cl)cc1. The normalized spacial score (nSPS) is 10.9. The van der Waals surface area contributed by atoms with Crippen molar-refractivity contribution in [3.8, 4) is 17.6 Å². The second-order valence-corrected chi connectivity index (χ2v) is 8.45. The first-order chi connectivity index (χ1) is 15.9. The maximum absolute atomic E-state index is 12.6. The summed E-state index contributed by atoms with van der Waals surface area (Å²) in [6, 6.07) is 20.2. The molecule has 3 aromatic rings. The summed E-state index contributed by atoms with van der Waals surface area (Å²) in [5.74, 6) is 0.560. The van der Waals surface area contributed by atoms with E-state index in [4.69, 9.17) is 21.1 Å². The van der Waals surface area contributed by atoms with Gasteiger partial charge in [0.2, 0.25) is 0 Å². The first-order valence-electron chi connectivity index (χ1n) is 10.2. The molecule has 0 heterocycles. The number of amides is 1. The number of ether oxygens (including phenoxy) is 2. The van der Waals surface area contributed by atoms with Gasteiger partial charge in [0.1, 0.15) is 18.2 Å². The highest BCUT2D eigenvalue weighted by atomic mass is 79.9. The second kappa shape index (κ2) is 11.6. The second-order valence-electron chi connectivity index (χ2n) is 7.16. The lowest BCUT2D eigenvalue weighted by molar-refractivity contribution is -0.112. The van der Waals surface area contributed by atoms with Gasteiger partial charge in [-0.2, -0.15) is 5.26 Å². The van der Waals surface area contributed by atoms with Gasteiger partial charge in [-0.3, -0.25) is 4.79 Å². The van der Waals surface area contributed by atoms with Crippen molar-refractivity contribution in [1.29, 1.82) is 5.26 Å². The standard InChI is InChI=1S/C26H22BrClN2O3/c1-3-32-24-13-19(12-20(15-29)26(31)30-22-10-4-17(2)5-11-22)23(27)14-25(24)33-16-18-6-8-21(28)9-7-18/h4-14H,3,16H2,1-2H3,(H,30,31)/b20-12+. The van der Waals surface area contributed by atoms with Crippen molar-refractivity contribution >= 4 is 45.2 Å². The lowest BCUT2D eigenvalue weighted by Crippen LogP contribution is -2.13. The smallest absolute Gasteiger partial charge is 0.266 e. The molecule has 0 radical (unpaired) electrons. The van der Waals surface area contributed by atoms with Crippen LogP contribution < -0.4 is 14.8 Å². The van der Waals surface area contributed by atoms with Gasteiger partial charge < -0.3 is 14.8 Å². The van der Waals surface area contributed by atoms with Gasteiger partial charge in [-0.15, -0.1) is 0 Å². The highest BCUT2D eigenvalue weighted by Gasteiger charge is 2.14. The zero-order valence-electron chi connectivity index (χ0n) is 18.2. The van der Waals surface area contributed by atoms with E-state index >= 15 is 0 Å². The van der Waals surface area contributed by atoms with Gasteiger partial charge in [-0.05, 0) is 67.4 Å². The lowest BCUT2D eigenvalue weighted by atomic mass is 10.1. The largest absolute Gasteiger partial charge is 0.490 e. The van der Waals surface area contributed by atoms with Crippen LogP contribution in [0.5, 0.6) is 11.5 Å². The van der Waals surface area contributed by atoms with Gasteiger partial charge in [0.15, 0.2) is 11.5 Å². The molecule has 7 heteroatoms. The van der Waals surface area contributed by atoms with Crippen LogP contribution in [0.2, 0.25) is 5.02 Å². The number of aryl methyl sites for hydroxylation is 1. The minimum absolute atomic E-state index is 0.0337. The Kier molecular flexibility index (Phi) is 8.53. The topological polar surface area (TPSA) is 71.3 Å². The molecular formula is C26H22BrClN2O3. The molecule has 0 bridgehead atoms. The Bertz CT molecular complexity index is 1200. The molecule has 1 amide bonds. The van der Waals surface area contributed by atoms with Crippen LogP contribution in [0.15, 0.2) is 70.7 Å². The third-order valence-electron chi connectivity index (χ3n) is 4.64.